The van der Waals surface area contributed by atoms with Crippen LogP contribution < -0.4 is 5.30 Å². The third-order valence-corrected chi connectivity index (χ3v) is 8.22. The van der Waals surface area contributed by atoms with Crippen molar-refractivity contribution in [2.75, 3.05) is 18.9 Å². The van der Waals surface area contributed by atoms with E-state index in [0.29, 0.717) is 0 Å². The molecule has 110 valence electrons. The first-order chi connectivity index (χ1) is 9.29. The molecule has 1 aromatic carbocycles. The minimum atomic E-state index is -1.73. The van der Waals surface area contributed by atoms with Crippen LogP contribution in [0.5, 0.6) is 0 Å². The Labute approximate surface area is 120 Å². The monoisotopic (exact) mass is 282 g/mol. The quantitative estimate of drug-likeness (QED) is 0.548. The van der Waals surface area contributed by atoms with E-state index in [9.17, 15) is 0 Å². The van der Waals surface area contributed by atoms with E-state index in [2.05, 4.69) is 51.1 Å². The van der Waals surface area contributed by atoms with Crippen LogP contribution in [0.4, 0.5) is 0 Å². The van der Waals surface area contributed by atoms with Gasteiger partial charge in [-0.3, -0.25) is 0 Å². The van der Waals surface area contributed by atoms with Crippen LogP contribution in [-0.2, 0) is 4.52 Å². The van der Waals surface area contributed by atoms with E-state index in [4.69, 9.17) is 4.52 Å². The second kappa shape index (κ2) is 9.50. The summed E-state index contributed by atoms with van der Waals surface area (Å²) in [5.41, 5.74) is 0. The van der Waals surface area contributed by atoms with Crippen LogP contribution in [0.1, 0.15) is 52.9 Å². The van der Waals surface area contributed by atoms with Gasteiger partial charge in [0.05, 0.1) is 0 Å². The summed E-state index contributed by atoms with van der Waals surface area (Å²) in [5.74, 6) is 0. The van der Waals surface area contributed by atoms with Gasteiger partial charge in [0.1, 0.15) is 0 Å². The summed E-state index contributed by atoms with van der Waals surface area (Å²) in [4.78, 5) is 0. The minimum absolute atomic E-state index is 0.925. The van der Waals surface area contributed by atoms with Gasteiger partial charge in [-0.05, 0) is 0 Å². The molecule has 0 saturated heterocycles. The Morgan fingerprint density at radius 3 is 1.89 bits per heavy atom. The Balaban J connectivity index is 2.94. The molecular weight excluding hydrogens is 251 g/mol. The van der Waals surface area contributed by atoms with Crippen molar-refractivity contribution in [3.05, 3.63) is 30.3 Å². The molecule has 0 fully saturated rings. The van der Waals surface area contributed by atoms with Gasteiger partial charge in [-0.25, -0.2) is 0 Å². The molecule has 0 radical (unpaired) electrons. The molecule has 0 N–H and O–H groups in total. The molecule has 0 bridgehead atoms. The molecule has 0 heterocycles. The van der Waals surface area contributed by atoms with Gasteiger partial charge >= 0.3 is 119 Å². The summed E-state index contributed by atoms with van der Waals surface area (Å²) < 4.78 is 6.51. The standard InChI is InChI=1S/C17H31OP/c1-4-7-15-19(16-8-5-2,18-14-6-3)17-12-10-9-11-13-17/h9-13,19H,4-8,14-16H2,1-3H3. The fraction of sp³-hybridized carbons (Fsp3) is 0.647. The molecule has 0 aromatic heterocycles. The van der Waals surface area contributed by atoms with Crippen molar-refractivity contribution in [3.63, 3.8) is 0 Å². The number of hydrogen-bond acceptors (Lipinski definition) is 1. The topological polar surface area (TPSA) is 9.23 Å². The molecule has 1 aromatic rings. The molecular formula is C17H31OP. The summed E-state index contributed by atoms with van der Waals surface area (Å²) >= 11 is 0. The van der Waals surface area contributed by atoms with Crippen LogP contribution in [0.25, 0.3) is 0 Å². The molecule has 0 aliphatic heterocycles. The average Bonchev–Trinajstić information content (AvgIpc) is 2.48. The summed E-state index contributed by atoms with van der Waals surface area (Å²) in [6.45, 7) is 7.70. The molecule has 0 aliphatic carbocycles. The van der Waals surface area contributed by atoms with Crippen LogP contribution in [0.15, 0.2) is 30.3 Å². The fourth-order valence-electron chi connectivity index (χ4n) is 2.61. The van der Waals surface area contributed by atoms with Crippen molar-refractivity contribution in [1.82, 2.24) is 0 Å². The van der Waals surface area contributed by atoms with Gasteiger partial charge < -0.3 is 0 Å². The summed E-state index contributed by atoms with van der Waals surface area (Å²) in [7, 11) is -1.73. The molecule has 0 unspecified atom stereocenters. The molecule has 2 heteroatoms. The predicted molar refractivity (Wildman–Crippen MR) is 90.2 cm³/mol. The maximum absolute atomic E-state index is 6.51. The second-order valence-electron chi connectivity index (χ2n) is 5.42. The zero-order chi connectivity index (χ0) is 14.0. The van der Waals surface area contributed by atoms with Crippen LogP contribution >= 0.6 is 7.49 Å². The molecule has 1 nitrogen and oxygen atoms in total. The zero-order valence-electron chi connectivity index (χ0n) is 13.0. The van der Waals surface area contributed by atoms with Crippen molar-refractivity contribution in [1.29, 1.82) is 0 Å². The Morgan fingerprint density at radius 1 is 0.842 bits per heavy atom. The number of rotatable bonds is 10. The number of unbranched alkanes of at least 4 members (excludes halogenated alkanes) is 2. The summed E-state index contributed by atoms with van der Waals surface area (Å²) in [6, 6.07) is 11.1. The predicted octanol–water partition coefficient (Wildman–Crippen LogP) is 5.00. The Morgan fingerprint density at radius 2 is 1.42 bits per heavy atom. The van der Waals surface area contributed by atoms with Crippen molar-refractivity contribution < 1.29 is 4.52 Å². The van der Waals surface area contributed by atoms with Gasteiger partial charge in [0, 0.05) is 0 Å². The summed E-state index contributed by atoms with van der Waals surface area (Å²) in [5, 5.41) is 1.50. The van der Waals surface area contributed by atoms with E-state index in [0.717, 1.165) is 13.0 Å². The Hall–Kier alpha value is -0.390. The van der Waals surface area contributed by atoms with Crippen molar-refractivity contribution in [2.45, 2.75) is 52.9 Å². The Kier molecular flexibility index (Phi) is 8.34. The molecule has 1 rings (SSSR count). The third-order valence-electron chi connectivity index (χ3n) is 3.75. The first kappa shape index (κ1) is 16.7. The molecule has 0 saturated carbocycles. The van der Waals surface area contributed by atoms with Gasteiger partial charge in [-0.15, -0.1) is 0 Å². The van der Waals surface area contributed by atoms with Crippen LogP contribution in [0.3, 0.4) is 0 Å². The van der Waals surface area contributed by atoms with Gasteiger partial charge in [0.25, 0.3) is 0 Å². The fourth-order valence-corrected chi connectivity index (χ4v) is 7.13. The maximum atomic E-state index is 6.51. The molecule has 0 spiro atoms. The number of hydrogen-bond donors (Lipinski definition) is 0. The first-order valence-corrected chi connectivity index (χ1v) is 10.3. The Bertz CT molecular complexity index is 302. The molecule has 0 amide bonds. The van der Waals surface area contributed by atoms with E-state index in [1.165, 1.54) is 43.3 Å². The first-order valence-electron chi connectivity index (χ1n) is 7.98. The summed E-state index contributed by atoms with van der Waals surface area (Å²) in [6.07, 6.45) is 8.83. The van der Waals surface area contributed by atoms with Crippen molar-refractivity contribution in [3.8, 4) is 0 Å². The van der Waals surface area contributed by atoms with Crippen LogP contribution in [-0.4, -0.2) is 18.9 Å². The van der Waals surface area contributed by atoms with E-state index in [1.54, 1.807) is 0 Å². The van der Waals surface area contributed by atoms with E-state index >= 15 is 0 Å². The van der Waals surface area contributed by atoms with Gasteiger partial charge in [-0.1, -0.05) is 0 Å². The van der Waals surface area contributed by atoms with Crippen LogP contribution in [0.2, 0.25) is 0 Å². The van der Waals surface area contributed by atoms with Gasteiger partial charge in [0.2, 0.25) is 0 Å². The second-order valence-corrected chi connectivity index (χ2v) is 9.27. The van der Waals surface area contributed by atoms with Crippen molar-refractivity contribution in [2.24, 2.45) is 0 Å². The van der Waals surface area contributed by atoms with E-state index in [1.807, 2.05) is 0 Å². The van der Waals surface area contributed by atoms with Gasteiger partial charge in [-0.2, -0.15) is 0 Å². The molecule has 0 atom stereocenters. The third kappa shape index (κ3) is 5.24. The van der Waals surface area contributed by atoms with Crippen molar-refractivity contribution >= 4 is 12.8 Å². The van der Waals surface area contributed by atoms with Gasteiger partial charge in [0.15, 0.2) is 0 Å². The zero-order valence-corrected chi connectivity index (χ0v) is 14.0. The normalized spacial score (nSPS) is 12.6. The van der Waals surface area contributed by atoms with E-state index in [-0.39, 0.29) is 0 Å². The number of benzene rings is 1. The average molecular weight is 282 g/mol. The van der Waals surface area contributed by atoms with Crippen LogP contribution in [0, 0.1) is 0 Å². The van der Waals surface area contributed by atoms with E-state index < -0.39 is 7.49 Å². The molecule has 0 aliphatic rings. The molecule has 19 heavy (non-hydrogen) atoms. The SMILES string of the molecule is CCCC[PH](CCCC)(OCCC)c1ccccc1.